The first kappa shape index (κ1) is 19.4. The van der Waals surface area contributed by atoms with Gasteiger partial charge in [0.25, 0.3) is 0 Å². The van der Waals surface area contributed by atoms with Gasteiger partial charge in [-0.3, -0.25) is 4.79 Å². The number of rotatable bonds is 6. The molecule has 6 nitrogen and oxygen atoms in total. The number of amides is 1. The highest BCUT2D eigenvalue weighted by molar-refractivity contribution is 7.99. The van der Waals surface area contributed by atoms with Gasteiger partial charge >= 0.3 is 0 Å². The van der Waals surface area contributed by atoms with Crippen molar-refractivity contribution >= 4 is 39.7 Å². The summed E-state index contributed by atoms with van der Waals surface area (Å²) in [6.07, 6.45) is 0. The molecule has 0 radical (unpaired) electrons. The summed E-state index contributed by atoms with van der Waals surface area (Å²) in [5.41, 5.74) is 3.82. The normalized spacial score (nSPS) is 12.4. The van der Waals surface area contributed by atoms with E-state index in [0.29, 0.717) is 5.16 Å². The van der Waals surface area contributed by atoms with Crippen LogP contribution in [0.15, 0.2) is 59.8 Å². The second-order valence-corrected chi connectivity index (χ2v) is 7.85. The lowest BCUT2D eigenvalue weighted by molar-refractivity contribution is -0.128. The third-order valence-electron chi connectivity index (χ3n) is 5.25. The Bertz CT molecular complexity index is 1160. The Morgan fingerprint density at radius 3 is 2.59 bits per heavy atom. The maximum absolute atomic E-state index is 12.7. The summed E-state index contributed by atoms with van der Waals surface area (Å²) in [5, 5.41) is 10.2. The average molecular weight is 406 g/mol. The van der Waals surface area contributed by atoms with Gasteiger partial charge in [0.15, 0.2) is 5.65 Å². The Labute approximate surface area is 173 Å². The van der Waals surface area contributed by atoms with Gasteiger partial charge in [0.1, 0.15) is 5.52 Å². The van der Waals surface area contributed by atoms with E-state index in [0.717, 1.165) is 34.2 Å². The highest BCUT2D eigenvalue weighted by Crippen LogP contribution is 2.27. The van der Waals surface area contributed by atoms with E-state index in [1.165, 1.54) is 11.8 Å². The molecule has 0 saturated carbocycles. The first-order valence-corrected chi connectivity index (χ1v) is 10.6. The molecule has 0 unspecified atom stereocenters. The highest BCUT2D eigenvalue weighted by atomic mass is 32.2. The molecular weight excluding hydrogens is 382 g/mol. The van der Waals surface area contributed by atoms with Crippen molar-refractivity contribution in [2.75, 3.05) is 12.8 Å². The van der Waals surface area contributed by atoms with Gasteiger partial charge in [0, 0.05) is 19.0 Å². The Morgan fingerprint density at radius 2 is 1.83 bits per heavy atom. The second-order valence-electron chi connectivity index (χ2n) is 6.91. The Morgan fingerprint density at radius 1 is 1.10 bits per heavy atom. The quantitative estimate of drug-likeness (QED) is 0.447. The Balaban J connectivity index is 1.52. The molecule has 0 aliphatic heterocycles. The number of para-hydroxylation sites is 1. The van der Waals surface area contributed by atoms with E-state index in [1.54, 1.807) is 4.90 Å². The number of hydrogen-bond donors (Lipinski definition) is 0. The van der Waals surface area contributed by atoms with Crippen molar-refractivity contribution in [3.63, 3.8) is 0 Å². The predicted octanol–water partition coefficient (Wildman–Crippen LogP) is 4.31. The van der Waals surface area contributed by atoms with Gasteiger partial charge in [-0.2, -0.15) is 0 Å². The zero-order valence-corrected chi connectivity index (χ0v) is 17.6. The number of aromatic nitrogens is 4. The predicted molar refractivity (Wildman–Crippen MR) is 117 cm³/mol. The standard InChI is InChI=1S/C22H23N5OS/c1-4-27-18-13-9-8-12-17(18)20-21(27)23-22(25-24-20)29-14-19(28)26(3)15(2)16-10-6-5-7-11-16/h5-13,15H,4,14H2,1-3H3/t15-/m0/s1. The number of carbonyl (C=O) groups excluding carboxylic acids is 1. The first-order valence-electron chi connectivity index (χ1n) is 9.65. The molecule has 0 aliphatic carbocycles. The zero-order valence-electron chi connectivity index (χ0n) is 16.7. The van der Waals surface area contributed by atoms with Crippen molar-refractivity contribution in [1.29, 1.82) is 0 Å². The van der Waals surface area contributed by atoms with Crippen LogP contribution in [-0.2, 0) is 11.3 Å². The van der Waals surface area contributed by atoms with Gasteiger partial charge in [-0.05, 0) is 25.5 Å². The maximum atomic E-state index is 12.7. The van der Waals surface area contributed by atoms with Crippen LogP contribution >= 0.6 is 11.8 Å². The lowest BCUT2D eigenvalue weighted by atomic mass is 10.1. The SMILES string of the molecule is CCn1c2ccccc2c2nnc(SCC(=O)N(C)[C@@H](C)c3ccccc3)nc21. The van der Waals surface area contributed by atoms with Crippen LogP contribution in [0.25, 0.3) is 22.1 Å². The number of thioether (sulfide) groups is 1. The van der Waals surface area contributed by atoms with Gasteiger partial charge in [0.05, 0.1) is 17.3 Å². The monoisotopic (exact) mass is 405 g/mol. The molecule has 1 atom stereocenters. The zero-order chi connectivity index (χ0) is 20.4. The molecule has 2 aromatic heterocycles. The van der Waals surface area contributed by atoms with Crippen LogP contribution in [0, 0.1) is 0 Å². The molecule has 148 valence electrons. The van der Waals surface area contributed by atoms with Crippen LogP contribution in [0.4, 0.5) is 0 Å². The molecule has 0 saturated heterocycles. The molecule has 7 heteroatoms. The van der Waals surface area contributed by atoms with Crippen LogP contribution in [-0.4, -0.2) is 43.4 Å². The number of benzene rings is 2. The fraction of sp³-hybridized carbons (Fsp3) is 0.273. The van der Waals surface area contributed by atoms with Crippen LogP contribution in [0.2, 0.25) is 0 Å². The summed E-state index contributed by atoms with van der Waals surface area (Å²) in [4.78, 5) is 19.1. The van der Waals surface area contributed by atoms with Crippen molar-refractivity contribution in [2.45, 2.75) is 31.6 Å². The lowest BCUT2D eigenvalue weighted by Gasteiger charge is -2.25. The van der Waals surface area contributed by atoms with Gasteiger partial charge in [0.2, 0.25) is 11.1 Å². The summed E-state index contributed by atoms with van der Waals surface area (Å²) in [5.74, 6) is 0.304. The molecule has 1 amide bonds. The molecular formula is C22H23N5OS. The minimum Gasteiger partial charge on any atom is -0.338 e. The third kappa shape index (κ3) is 3.70. The molecule has 0 spiro atoms. The number of nitrogens with zero attached hydrogens (tertiary/aromatic N) is 5. The van der Waals surface area contributed by atoms with Crippen LogP contribution in [0.1, 0.15) is 25.5 Å². The third-order valence-corrected chi connectivity index (χ3v) is 6.07. The Kier molecular flexibility index (Phi) is 5.49. The minimum absolute atomic E-state index is 0.00782. The van der Waals surface area contributed by atoms with Crippen LogP contribution < -0.4 is 0 Å². The van der Waals surface area contributed by atoms with E-state index in [1.807, 2.05) is 62.5 Å². The first-order chi connectivity index (χ1) is 14.1. The van der Waals surface area contributed by atoms with Crippen molar-refractivity contribution in [2.24, 2.45) is 0 Å². The van der Waals surface area contributed by atoms with Crippen LogP contribution in [0.5, 0.6) is 0 Å². The van der Waals surface area contributed by atoms with E-state index in [4.69, 9.17) is 4.98 Å². The van der Waals surface area contributed by atoms with Crippen molar-refractivity contribution < 1.29 is 4.79 Å². The molecule has 0 N–H and O–H groups in total. The Hall–Kier alpha value is -2.93. The summed E-state index contributed by atoms with van der Waals surface area (Å²) < 4.78 is 2.13. The summed E-state index contributed by atoms with van der Waals surface area (Å²) in [6, 6.07) is 18.1. The molecule has 0 fully saturated rings. The topological polar surface area (TPSA) is 63.9 Å². The maximum Gasteiger partial charge on any atom is 0.233 e. The van der Waals surface area contributed by atoms with E-state index in [2.05, 4.69) is 27.8 Å². The van der Waals surface area contributed by atoms with Crippen molar-refractivity contribution in [3.05, 3.63) is 60.2 Å². The van der Waals surface area contributed by atoms with Gasteiger partial charge in [-0.25, -0.2) is 4.98 Å². The van der Waals surface area contributed by atoms with Crippen LogP contribution in [0.3, 0.4) is 0 Å². The molecule has 4 rings (SSSR count). The highest BCUT2D eigenvalue weighted by Gasteiger charge is 2.19. The molecule has 0 aliphatic rings. The summed E-state index contributed by atoms with van der Waals surface area (Å²) in [7, 11) is 1.83. The van der Waals surface area contributed by atoms with E-state index >= 15 is 0 Å². The lowest BCUT2D eigenvalue weighted by Crippen LogP contribution is -2.31. The van der Waals surface area contributed by atoms with Crippen molar-refractivity contribution in [1.82, 2.24) is 24.6 Å². The smallest absolute Gasteiger partial charge is 0.233 e. The fourth-order valence-corrected chi connectivity index (χ4v) is 4.18. The fourth-order valence-electron chi connectivity index (χ4n) is 3.47. The van der Waals surface area contributed by atoms with E-state index < -0.39 is 0 Å². The average Bonchev–Trinajstić information content (AvgIpc) is 3.09. The van der Waals surface area contributed by atoms with E-state index in [-0.39, 0.29) is 17.7 Å². The van der Waals surface area contributed by atoms with Gasteiger partial charge in [-0.1, -0.05) is 60.3 Å². The summed E-state index contributed by atoms with van der Waals surface area (Å²) in [6.45, 7) is 4.91. The second kappa shape index (κ2) is 8.21. The largest absolute Gasteiger partial charge is 0.338 e. The van der Waals surface area contributed by atoms with Gasteiger partial charge in [-0.15, -0.1) is 10.2 Å². The molecule has 0 bridgehead atoms. The minimum atomic E-state index is 0.00782. The number of carbonyl (C=O) groups is 1. The van der Waals surface area contributed by atoms with E-state index in [9.17, 15) is 4.79 Å². The number of fused-ring (bicyclic) bond motifs is 3. The molecule has 29 heavy (non-hydrogen) atoms. The number of hydrogen-bond acceptors (Lipinski definition) is 5. The van der Waals surface area contributed by atoms with Gasteiger partial charge < -0.3 is 9.47 Å². The molecule has 2 heterocycles. The molecule has 4 aromatic rings. The summed E-state index contributed by atoms with van der Waals surface area (Å²) >= 11 is 1.32. The van der Waals surface area contributed by atoms with Crippen molar-refractivity contribution in [3.8, 4) is 0 Å². The number of aryl methyl sites for hydroxylation is 1. The molecule has 2 aromatic carbocycles.